The van der Waals surface area contributed by atoms with Crippen molar-refractivity contribution < 1.29 is 4.74 Å². The summed E-state index contributed by atoms with van der Waals surface area (Å²) in [6, 6.07) is 0. The van der Waals surface area contributed by atoms with Crippen LogP contribution in [-0.4, -0.2) is 29.7 Å². The van der Waals surface area contributed by atoms with Gasteiger partial charge in [-0.05, 0) is 18.8 Å². The highest BCUT2D eigenvalue weighted by Gasteiger charge is 2.07. The number of rotatable bonds is 9. The van der Waals surface area contributed by atoms with Gasteiger partial charge in [0.05, 0.1) is 6.61 Å². The first-order chi connectivity index (χ1) is 9.15. The van der Waals surface area contributed by atoms with Crippen molar-refractivity contribution in [3.05, 3.63) is 11.9 Å². The Labute approximate surface area is 116 Å². The van der Waals surface area contributed by atoms with Crippen LogP contribution in [0, 0.1) is 5.92 Å². The minimum absolute atomic E-state index is 0.570. The maximum atomic E-state index is 5.87. The summed E-state index contributed by atoms with van der Waals surface area (Å²) < 4.78 is 5.56. The standard InChI is InChI=1S/C14H26N4O/c1-4-5-12-13(15)17-10-18-14(12)16-7-9-19-8-6-11(2)3/h10-11H,4-9H2,1-3H3,(H3,15,16,17,18). The van der Waals surface area contributed by atoms with Gasteiger partial charge in [-0.25, -0.2) is 9.97 Å². The topological polar surface area (TPSA) is 73.1 Å². The SMILES string of the molecule is CCCc1c(N)ncnc1NCCOCCC(C)C. The smallest absolute Gasteiger partial charge is 0.134 e. The summed E-state index contributed by atoms with van der Waals surface area (Å²) in [4.78, 5) is 8.28. The molecule has 0 aliphatic heterocycles. The Morgan fingerprint density at radius 3 is 2.79 bits per heavy atom. The Morgan fingerprint density at radius 1 is 1.32 bits per heavy atom. The molecule has 108 valence electrons. The third-order valence-corrected chi connectivity index (χ3v) is 2.86. The van der Waals surface area contributed by atoms with Crippen LogP contribution in [-0.2, 0) is 11.2 Å². The molecule has 0 saturated heterocycles. The molecule has 0 aromatic carbocycles. The molecule has 1 rings (SSSR count). The zero-order valence-corrected chi connectivity index (χ0v) is 12.3. The molecule has 1 aromatic heterocycles. The molecule has 0 aliphatic carbocycles. The monoisotopic (exact) mass is 266 g/mol. The van der Waals surface area contributed by atoms with Gasteiger partial charge >= 0.3 is 0 Å². The maximum Gasteiger partial charge on any atom is 0.134 e. The molecule has 0 unspecified atom stereocenters. The average molecular weight is 266 g/mol. The number of anilines is 2. The van der Waals surface area contributed by atoms with Gasteiger partial charge in [0, 0.05) is 18.7 Å². The summed E-state index contributed by atoms with van der Waals surface area (Å²) in [5.74, 6) is 2.09. The molecule has 5 heteroatoms. The summed E-state index contributed by atoms with van der Waals surface area (Å²) in [6.45, 7) is 8.75. The molecule has 0 saturated carbocycles. The highest BCUT2D eigenvalue weighted by molar-refractivity contribution is 5.54. The van der Waals surface area contributed by atoms with Crippen molar-refractivity contribution in [3.63, 3.8) is 0 Å². The Kier molecular flexibility index (Phi) is 7.18. The third-order valence-electron chi connectivity index (χ3n) is 2.86. The van der Waals surface area contributed by atoms with E-state index in [1.54, 1.807) is 0 Å². The molecule has 0 radical (unpaired) electrons. The number of nitrogen functional groups attached to an aromatic ring is 1. The number of hydrogen-bond acceptors (Lipinski definition) is 5. The van der Waals surface area contributed by atoms with Crippen molar-refractivity contribution in [1.82, 2.24) is 9.97 Å². The predicted molar refractivity (Wildman–Crippen MR) is 79.2 cm³/mol. The van der Waals surface area contributed by atoms with E-state index < -0.39 is 0 Å². The Morgan fingerprint density at radius 2 is 2.11 bits per heavy atom. The summed E-state index contributed by atoms with van der Waals surface area (Å²) in [6.07, 6.45) is 4.51. The van der Waals surface area contributed by atoms with Gasteiger partial charge in [0.25, 0.3) is 0 Å². The molecule has 3 N–H and O–H groups in total. The number of ether oxygens (including phenoxy) is 1. The molecule has 19 heavy (non-hydrogen) atoms. The van der Waals surface area contributed by atoms with E-state index in [-0.39, 0.29) is 0 Å². The van der Waals surface area contributed by atoms with Gasteiger partial charge < -0.3 is 15.8 Å². The fraction of sp³-hybridized carbons (Fsp3) is 0.714. The zero-order valence-electron chi connectivity index (χ0n) is 12.3. The van der Waals surface area contributed by atoms with Crippen molar-refractivity contribution in [2.45, 2.75) is 40.0 Å². The fourth-order valence-electron chi connectivity index (χ4n) is 1.74. The predicted octanol–water partition coefficient (Wildman–Crippen LogP) is 2.49. The zero-order chi connectivity index (χ0) is 14.1. The van der Waals surface area contributed by atoms with Crippen LogP contribution in [0.5, 0.6) is 0 Å². The summed E-state index contributed by atoms with van der Waals surface area (Å²) in [7, 11) is 0. The molecule has 1 heterocycles. The Hall–Kier alpha value is -1.36. The van der Waals surface area contributed by atoms with Crippen LogP contribution in [0.2, 0.25) is 0 Å². The van der Waals surface area contributed by atoms with Crippen LogP contribution in [0.1, 0.15) is 39.2 Å². The molecule has 0 fully saturated rings. The van der Waals surface area contributed by atoms with Crippen LogP contribution >= 0.6 is 0 Å². The molecular weight excluding hydrogens is 240 g/mol. The minimum atomic E-state index is 0.570. The van der Waals surface area contributed by atoms with Crippen molar-refractivity contribution in [2.75, 3.05) is 30.8 Å². The summed E-state index contributed by atoms with van der Waals surface area (Å²) in [5.41, 5.74) is 6.88. The second-order valence-corrected chi connectivity index (χ2v) is 5.06. The van der Waals surface area contributed by atoms with E-state index in [1.165, 1.54) is 6.33 Å². The van der Waals surface area contributed by atoms with Crippen molar-refractivity contribution in [3.8, 4) is 0 Å². The van der Waals surface area contributed by atoms with E-state index >= 15 is 0 Å². The molecule has 0 spiro atoms. The van der Waals surface area contributed by atoms with Gasteiger partial charge in [0.15, 0.2) is 0 Å². The molecule has 0 aliphatic rings. The summed E-state index contributed by atoms with van der Waals surface area (Å²) in [5, 5.41) is 3.27. The van der Waals surface area contributed by atoms with Crippen LogP contribution in [0.4, 0.5) is 11.6 Å². The van der Waals surface area contributed by atoms with E-state index in [4.69, 9.17) is 10.5 Å². The van der Waals surface area contributed by atoms with E-state index in [2.05, 4.69) is 36.1 Å². The minimum Gasteiger partial charge on any atom is -0.383 e. The number of nitrogens with zero attached hydrogens (tertiary/aromatic N) is 2. The molecule has 0 atom stereocenters. The van der Waals surface area contributed by atoms with E-state index in [1.807, 2.05) is 0 Å². The molecule has 0 amide bonds. The van der Waals surface area contributed by atoms with Crippen molar-refractivity contribution in [2.24, 2.45) is 5.92 Å². The number of nitrogens with one attached hydrogen (secondary N) is 1. The first kappa shape index (κ1) is 15.7. The lowest BCUT2D eigenvalue weighted by Crippen LogP contribution is -2.14. The van der Waals surface area contributed by atoms with Gasteiger partial charge in [-0.3, -0.25) is 0 Å². The van der Waals surface area contributed by atoms with Crippen LogP contribution < -0.4 is 11.1 Å². The van der Waals surface area contributed by atoms with Crippen LogP contribution in [0.15, 0.2) is 6.33 Å². The average Bonchev–Trinajstić information content (AvgIpc) is 2.37. The third kappa shape index (κ3) is 5.87. The number of hydrogen-bond donors (Lipinski definition) is 2. The Bertz CT molecular complexity index is 368. The highest BCUT2D eigenvalue weighted by Crippen LogP contribution is 2.18. The lowest BCUT2D eigenvalue weighted by molar-refractivity contribution is 0.132. The normalized spacial score (nSPS) is 10.9. The second kappa shape index (κ2) is 8.69. The quantitative estimate of drug-likeness (QED) is 0.672. The van der Waals surface area contributed by atoms with Gasteiger partial charge in [-0.1, -0.05) is 27.2 Å². The first-order valence-corrected chi connectivity index (χ1v) is 7.06. The Balaban J connectivity index is 2.34. The van der Waals surface area contributed by atoms with Crippen molar-refractivity contribution >= 4 is 11.6 Å². The lowest BCUT2D eigenvalue weighted by atomic mass is 10.1. The van der Waals surface area contributed by atoms with Crippen LogP contribution in [0.25, 0.3) is 0 Å². The van der Waals surface area contributed by atoms with E-state index in [0.29, 0.717) is 18.3 Å². The van der Waals surface area contributed by atoms with E-state index in [9.17, 15) is 0 Å². The highest BCUT2D eigenvalue weighted by atomic mass is 16.5. The maximum absolute atomic E-state index is 5.87. The van der Waals surface area contributed by atoms with Crippen LogP contribution in [0.3, 0.4) is 0 Å². The molecular formula is C14H26N4O. The summed E-state index contributed by atoms with van der Waals surface area (Å²) >= 11 is 0. The van der Waals surface area contributed by atoms with Gasteiger partial charge in [0.2, 0.25) is 0 Å². The fourth-order valence-corrected chi connectivity index (χ4v) is 1.74. The molecule has 0 bridgehead atoms. The van der Waals surface area contributed by atoms with Crippen molar-refractivity contribution in [1.29, 1.82) is 0 Å². The largest absolute Gasteiger partial charge is 0.383 e. The van der Waals surface area contributed by atoms with E-state index in [0.717, 1.165) is 43.8 Å². The van der Waals surface area contributed by atoms with Gasteiger partial charge in [-0.15, -0.1) is 0 Å². The molecule has 5 nitrogen and oxygen atoms in total. The van der Waals surface area contributed by atoms with Gasteiger partial charge in [0.1, 0.15) is 18.0 Å². The number of aromatic nitrogens is 2. The lowest BCUT2D eigenvalue weighted by Gasteiger charge is -2.12. The first-order valence-electron chi connectivity index (χ1n) is 7.06. The molecule has 1 aromatic rings. The second-order valence-electron chi connectivity index (χ2n) is 5.06. The number of nitrogens with two attached hydrogens (primary N) is 1. The van der Waals surface area contributed by atoms with Gasteiger partial charge in [-0.2, -0.15) is 0 Å².